The Balaban J connectivity index is 2.08. The number of imidazole rings is 1. The van der Waals surface area contributed by atoms with Gasteiger partial charge in [0.25, 0.3) is 0 Å². The number of aromatic nitrogens is 2. The van der Waals surface area contributed by atoms with E-state index in [1.54, 1.807) is 19.4 Å². The van der Waals surface area contributed by atoms with Gasteiger partial charge in [0, 0.05) is 31.0 Å². The van der Waals surface area contributed by atoms with Gasteiger partial charge in [0.1, 0.15) is 5.82 Å². The summed E-state index contributed by atoms with van der Waals surface area (Å²) in [5.41, 5.74) is 0.193. The number of amides is 3. The van der Waals surface area contributed by atoms with Crippen LogP contribution in [0.3, 0.4) is 0 Å². The molecule has 8 heteroatoms. The standard InChI is InChI=1S/C19H26FN5O2/c1-5-17(26)22-13-6-7-14(20)15(10-13)23-18(27)24-16(19(2,3)4)11-25-9-8-21-12-25/h6-10,12,16H,5,11H2,1-4H3,(H,22,26)(H2,23,24,27)/t16-/m1/s1. The van der Waals surface area contributed by atoms with Gasteiger partial charge >= 0.3 is 6.03 Å². The van der Waals surface area contributed by atoms with Gasteiger partial charge in [-0.15, -0.1) is 0 Å². The molecular formula is C19H26FN5O2. The molecule has 1 atom stereocenters. The summed E-state index contributed by atoms with van der Waals surface area (Å²) in [4.78, 5) is 27.9. The third-order valence-electron chi connectivity index (χ3n) is 4.12. The van der Waals surface area contributed by atoms with Crippen LogP contribution in [0.5, 0.6) is 0 Å². The van der Waals surface area contributed by atoms with Crippen molar-refractivity contribution in [2.24, 2.45) is 5.41 Å². The summed E-state index contributed by atoms with van der Waals surface area (Å²) >= 11 is 0. The van der Waals surface area contributed by atoms with Crippen LogP contribution in [0.4, 0.5) is 20.6 Å². The number of urea groups is 1. The smallest absolute Gasteiger partial charge is 0.319 e. The van der Waals surface area contributed by atoms with Crippen LogP contribution in [0.2, 0.25) is 0 Å². The summed E-state index contributed by atoms with van der Waals surface area (Å²) < 4.78 is 15.9. The number of hydrogen-bond acceptors (Lipinski definition) is 3. The molecule has 0 aliphatic rings. The van der Waals surface area contributed by atoms with Crippen molar-refractivity contribution in [2.45, 2.75) is 46.7 Å². The number of carbonyl (C=O) groups excluding carboxylic acids is 2. The second-order valence-corrected chi connectivity index (χ2v) is 7.37. The van der Waals surface area contributed by atoms with Crippen molar-refractivity contribution in [3.05, 3.63) is 42.7 Å². The number of nitrogens with zero attached hydrogens (tertiary/aromatic N) is 2. The van der Waals surface area contributed by atoms with Crippen LogP contribution in [0.25, 0.3) is 0 Å². The lowest BCUT2D eigenvalue weighted by atomic mass is 9.86. The Bertz CT molecular complexity index is 784. The molecule has 0 bridgehead atoms. The van der Waals surface area contributed by atoms with Crippen molar-refractivity contribution in [1.29, 1.82) is 0 Å². The van der Waals surface area contributed by atoms with E-state index < -0.39 is 11.8 Å². The molecule has 3 N–H and O–H groups in total. The molecule has 1 aromatic heterocycles. The SMILES string of the molecule is CCC(=O)Nc1ccc(F)c(NC(=O)N[C@H](Cn2ccnc2)C(C)(C)C)c1. The fourth-order valence-corrected chi connectivity index (χ4v) is 2.41. The molecule has 1 heterocycles. The molecule has 146 valence electrons. The molecular weight excluding hydrogens is 349 g/mol. The number of halogens is 1. The Kier molecular flexibility index (Phi) is 6.55. The van der Waals surface area contributed by atoms with Crippen molar-refractivity contribution in [3.63, 3.8) is 0 Å². The van der Waals surface area contributed by atoms with Crippen LogP contribution in [0.1, 0.15) is 34.1 Å². The van der Waals surface area contributed by atoms with E-state index in [0.29, 0.717) is 18.7 Å². The van der Waals surface area contributed by atoms with Crippen LogP contribution >= 0.6 is 0 Å². The molecule has 0 radical (unpaired) electrons. The highest BCUT2D eigenvalue weighted by Gasteiger charge is 2.27. The highest BCUT2D eigenvalue weighted by molar-refractivity contribution is 5.93. The maximum absolute atomic E-state index is 14.1. The predicted molar refractivity (Wildman–Crippen MR) is 103 cm³/mol. The molecule has 1 aromatic carbocycles. The molecule has 0 saturated carbocycles. The third kappa shape index (κ3) is 6.09. The van der Waals surface area contributed by atoms with Gasteiger partial charge in [0.05, 0.1) is 18.1 Å². The van der Waals surface area contributed by atoms with Crippen molar-refractivity contribution >= 4 is 23.3 Å². The molecule has 0 saturated heterocycles. The van der Waals surface area contributed by atoms with Gasteiger partial charge in [0.15, 0.2) is 0 Å². The minimum Gasteiger partial charge on any atom is -0.335 e. The van der Waals surface area contributed by atoms with E-state index in [0.717, 1.165) is 0 Å². The monoisotopic (exact) mass is 375 g/mol. The van der Waals surface area contributed by atoms with E-state index in [4.69, 9.17) is 0 Å². The van der Waals surface area contributed by atoms with E-state index in [-0.39, 0.29) is 23.1 Å². The van der Waals surface area contributed by atoms with Crippen LogP contribution < -0.4 is 16.0 Å². The number of benzene rings is 1. The molecule has 0 unspecified atom stereocenters. The first-order valence-electron chi connectivity index (χ1n) is 8.81. The zero-order valence-electron chi connectivity index (χ0n) is 16.0. The number of rotatable bonds is 6. The van der Waals surface area contributed by atoms with Gasteiger partial charge < -0.3 is 20.5 Å². The molecule has 0 spiro atoms. The summed E-state index contributed by atoms with van der Waals surface area (Å²) in [6.45, 7) is 8.29. The zero-order chi connectivity index (χ0) is 20.0. The number of anilines is 2. The highest BCUT2D eigenvalue weighted by Crippen LogP contribution is 2.22. The summed E-state index contributed by atoms with van der Waals surface area (Å²) in [6.07, 6.45) is 5.48. The van der Waals surface area contributed by atoms with Gasteiger partial charge in [-0.25, -0.2) is 14.2 Å². The summed E-state index contributed by atoms with van der Waals surface area (Å²) in [5.74, 6) is -0.772. The van der Waals surface area contributed by atoms with Crippen molar-refractivity contribution in [2.75, 3.05) is 10.6 Å². The lowest BCUT2D eigenvalue weighted by Gasteiger charge is -2.31. The minimum atomic E-state index is -0.582. The van der Waals surface area contributed by atoms with Crippen LogP contribution in [0.15, 0.2) is 36.9 Å². The summed E-state index contributed by atoms with van der Waals surface area (Å²) in [6, 6.07) is 3.31. The van der Waals surface area contributed by atoms with E-state index in [9.17, 15) is 14.0 Å². The Morgan fingerprint density at radius 2 is 2.00 bits per heavy atom. The maximum atomic E-state index is 14.1. The number of hydrogen-bond donors (Lipinski definition) is 3. The van der Waals surface area contributed by atoms with Crippen LogP contribution in [-0.4, -0.2) is 27.5 Å². The molecule has 7 nitrogen and oxygen atoms in total. The quantitative estimate of drug-likeness (QED) is 0.721. The fraction of sp³-hybridized carbons (Fsp3) is 0.421. The molecule has 0 aliphatic carbocycles. The lowest BCUT2D eigenvalue weighted by Crippen LogP contribution is -2.47. The lowest BCUT2D eigenvalue weighted by molar-refractivity contribution is -0.115. The van der Waals surface area contributed by atoms with Crippen LogP contribution in [-0.2, 0) is 11.3 Å². The molecule has 0 aliphatic heterocycles. The largest absolute Gasteiger partial charge is 0.335 e. The maximum Gasteiger partial charge on any atom is 0.319 e. The minimum absolute atomic E-state index is 0.00306. The van der Waals surface area contributed by atoms with E-state index in [1.165, 1.54) is 18.2 Å². The average molecular weight is 375 g/mol. The van der Waals surface area contributed by atoms with Gasteiger partial charge in [-0.3, -0.25) is 4.79 Å². The Labute approximate surface area is 158 Å². The number of carbonyl (C=O) groups is 2. The highest BCUT2D eigenvalue weighted by atomic mass is 19.1. The second kappa shape index (κ2) is 8.66. The Morgan fingerprint density at radius 1 is 1.26 bits per heavy atom. The van der Waals surface area contributed by atoms with E-state index in [1.807, 2.05) is 31.5 Å². The summed E-state index contributed by atoms with van der Waals surface area (Å²) in [7, 11) is 0. The third-order valence-corrected chi connectivity index (χ3v) is 4.12. The van der Waals surface area contributed by atoms with Gasteiger partial charge in [-0.2, -0.15) is 0 Å². The normalized spacial score (nSPS) is 12.3. The van der Waals surface area contributed by atoms with Gasteiger partial charge in [0.2, 0.25) is 5.91 Å². The molecule has 2 aromatic rings. The Hall–Kier alpha value is -2.90. The average Bonchev–Trinajstić information content (AvgIpc) is 3.09. The Morgan fingerprint density at radius 3 is 2.59 bits per heavy atom. The number of nitrogens with one attached hydrogen (secondary N) is 3. The zero-order valence-corrected chi connectivity index (χ0v) is 16.0. The van der Waals surface area contributed by atoms with Gasteiger partial charge in [-0.05, 0) is 23.6 Å². The first-order valence-corrected chi connectivity index (χ1v) is 8.81. The first kappa shape index (κ1) is 20.4. The van der Waals surface area contributed by atoms with E-state index >= 15 is 0 Å². The molecule has 3 amide bonds. The van der Waals surface area contributed by atoms with Crippen LogP contribution in [0, 0.1) is 11.2 Å². The predicted octanol–water partition coefficient (Wildman–Crippen LogP) is 3.61. The summed E-state index contributed by atoms with van der Waals surface area (Å²) in [5, 5.41) is 8.05. The van der Waals surface area contributed by atoms with Gasteiger partial charge in [-0.1, -0.05) is 27.7 Å². The second-order valence-electron chi connectivity index (χ2n) is 7.37. The van der Waals surface area contributed by atoms with Crippen molar-refractivity contribution in [1.82, 2.24) is 14.9 Å². The van der Waals surface area contributed by atoms with E-state index in [2.05, 4.69) is 20.9 Å². The molecule has 27 heavy (non-hydrogen) atoms. The van der Waals surface area contributed by atoms with Crippen molar-refractivity contribution in [3.8, 4) is 0 Å². The first-order chi connectivity index (χ1) is 12.7. The topological polar surface area (TPSA) is 88.0 Å². The van der Waals surface area contributed by atoms with Crippen molar-refractivity contribution < 1.29 is 14.0 Å². The molecule has 2 rings (SSSR count). The fourth-order valence-electron chi connectivity index (χ4n) is 2.41. The molecule has 0 fully saturated rings.